The van der Waals surface area contributed by atoms with Crippen LogP contribution in [0.15, 0.2) is 0 Å². The highest BCUT2D eigenvalue weighted by molar-refractivity contribution is 4.98. The first-order valence-electron chi connectivity index (χ1n) is 3.57. The van der Waals surface area contributed by atoms with Crippen LogP contribution in [0.4, 0.5) is 0 Å². The Morgan fingerprint density at radius 3 is 2.60 bits per heavy atom. The minimum absolute atomic E-state index is 0.0981. The van der Waals surface area contributed by atoms with Crippen molar-refractivity contribution in [2.24, 2.45) is 0 Å². The van der Waals surface area contributed by atoms with Gasteiger partial charge in [-0.15, -0.1) is 6.42 Å². The van der Waals surface area contributed by atoms with Gasteiger partial charge in [0.1, 0.15) is 0 Å². The highest BCUT2D eigenvalue weighted by Crippen LogP contribution is 1.90. The molecular formula is C8H15NO. The van der Waals surface area contributed by atoms with E-state index in [4.69, 9.17) is 11.5 Å². The summed E-state index contributed by atoms with van der Waals surface area (Å²) in [5, 5.41) is 11.7. The summed E-state index contributed by atoms with van der Waals surface area (Å²) in [5.74, 6) is 2.59. The molecule has 58 valence electrons. The van der Waals surface area contributed by atoms with Crippen LogP contribution >= 0.6 is 0 Å². The predicted octanol–water partition coefficient (Wildman–Crippen LogP) is 0.369. The summed E-state index contributed by atoms with van der Waals surface area (Å²) >= 11 is 0. The third kappa shape index (κ3) is 3.49. The molecule has 0 rings (SSSR count). The lowest BCUT2D eigenvalue weighted by Crippen LogP contribution is -2.37. The minimum Gasteiger partial charge on any atom is -0.395 e. The van der Waals surface area contributed by atoms with Gasteiger partial charge in [-0.3, -0.25) is 5.32 Å². The van der Waals surface area contributed by atoms with E-state index >= 15 is 0 Å². The van der Waals surface area contributed by atoms with Crippen LogP contribution in [-0.2, 0) is 0 Å². The standard InChI is InChI=1S/C8H15NO/c1-4-8(5-2)9-7(3)6-10/h1,7-10H,5-6H2,2-3H3. The van der Waals surface area contributed by atoms with Gasteiger partial charge in [-0.2, -0.15) is 0 Å². The molecule has 0 aliphatic carbocycles. The number of rotatable bonds is 4. The molecule has 2 unspecified atom stereocenters. The van der Waals surface area contributed by atoms with Crippen molar-refractivity contribution in [3.8, 4) is 12.3 Å². The van der Waals surface area contributed by atoms with E-state index in [-0.39, 0.29) is 18.7 Å². The number of nitrogens with one attached hydrogen (secondary N) is 1. The lowest BCUT2D eigenvalue weighted by atomic mass is 10.2. The predicted molar refractivity (Wildman–Crippen MR) is 42.6 cm³/mol. The van der Waals surface area contributed by atoms with Crippen molar-refractivity contribution in [1.82, 2.24) is 5.32 Å². The van der Waals surface area contributed by atoms with E-state index in [1.165, 1.54) is 0 Å². The second-order valence-corrected chi connectivity index (χ2v) is 2.38. The molecule has 0 radical (unpaired) electrons. The summed E-state index contributed by atoms with van der Waals surface area (Å²) in [7, 11) is 0. The Labute approximate surface area is 62.6 Å². The van der Waals surface area contributed by atoms with Crippen LogP contribution in [0.3, 0.4) is 0 Å². The smallest absolute Gasteiger partial charge is 0.0687 e. The average Bonchev–Trinajstić information content (AvgIpc) is 1.99. The zero-order chi connectivity index (χ0) is 7.98. The number of aliphatic hydroxyl groups is 1. The molecule has 0 aliphatic rings. The molecule has 0 amide bonds. The van der Waals surface area contributed by atoms with Crippen molar-refractivity contribution in [1.29, 1.82) is 0 Å². The van der Waals surface area contributed by atoms with Crippen LogP contribution in [-0.4, -0.2) is 23.8 Å². The first kappa shape index (κ1) is 9.48. The SMILES string of the molecule is C#CC(CC)NC(C)CO. The molecule has 0 saturated heterocycles. The largest absolute Gasteiger partial charge is 0.395 e. The van der Waals surface area contributed by atoms with Gasteiger partial charge in [-0.1, -0.05) is 12.8 Å². The Balaban J connectivity index is 3.54. The van der Waals surface area contributed by atoms with Crippen LogP contribution in [0, 0.1) is 12.3 Å². The van der Waals surface area contributed by atoms with E-state index in [0.717, 1.165) is 6.42 Å². The first-order chi connectivity index (χ1) is 4.74. The Hall–Kier alpha value is -0.520. The van der Waals surface area contributed by atoms with E-state index in [1.54, 1.807) is 0 Å². The lowest BCUT2D eigenvalue weighted by molar-refractivity contribution is 0.246. The van der Waals surface area contributed by atoms with Crippen molar-refractivity contribution >= 4 is 0 Å². The summed E-state index contributed by atoms with van der Waals surface area (Å²) in [4.78, 5) is 0. The first-order valence-corrected chi connectivity index (χ1v) is 3.57. The molecule has 0 aliphatic heterocycles. The maximum atomic E-state index is 8.64. The van der Waals surface area contributed by atoms with Crippen molar-refractivity contribution < 1.29 is 5.11 Å². The van der Waals surface area contributed by atoms with Gasteiger partial charge in [0, 0.05) is 6.04 Å². The number of hydrogen-bond donors (Lipinski definition) is 2. The van der Waals surface area contributed by atoms with E-state index in [0.29, 0.717) is 0 Å². The zero-order valence-corrected chi connectivity index (χ0v) is 6.59. The second kappa shape index (κ2) is 5.28. The molecule has 2 heteroatoms. The normalized spacial score (nSPS) is 15.8. The summed E-state index contributed by atoms with van der Waals surface area (Å²) in [6, 6.07) is 0.197. The number of hydrogen-bond acceptors (Lipinski definition) is 2. The topological polar surface area (TPSA) is 32.3 Å². The van der Waals surface area contributed by atoms with Gasteiger partial charge in [-0.25, -0.2) is 0 Å². The van der Waals surface area contributed by atoms with Crippen LogP contribution < -0.4 is 5.32 Å². The van der Waals surface area contributed by atoms with Crippen LogP contribution in [0.1, 0.15) is 20.3 Å². The van der Waals surface area contributed by atoms with Crippen LogP contribution in [0.25, 0.3) is 0 Å². The molecular weight excluding hydrogens is 126 g/mol. The van der Waals surface area contributed by atoms with Crippen LogP contribution in [0.2, 0.25) is 0 Å². The van der Waals surface area contributed by atoms with Crippen LogP contribution in [0.5, 0.6) is 0 Å². The maximum Gasteiger partial charge on any atom is 0.0687 e. The van der Waals surface area contributed by atoms with Gasteiger partial charge in [-0.05, 0) is 13.3 Å². The second-order valence-electron chi connectivity index (χ2n) is 2.38. The molecule has 0 aromatic carbocycles. The molecule has 2 N–H and O–H groups in total. The molecule has 0 fully saturated rings. The molecule has 0 saturated carbocycles. The summed E-state index contributed by atoms with van der Waals surface area (Å²) in [6.07, 6.45) is 6.10. The van der Waals surface area contributed by atoms with Gasteiger partial charge < -0.3 is 5.11 Å². The fraction of sp³-hybridized carbons (Fsp3) is 0.750. The van der Waals surface area contributed by atoms with Crippen molar-refractivity contribution in [3.05, 3.63) is 0 Å². The van der Waals surface area contributed by atoms with Gasteiger partial charge in [0.15, 0.2) is 0 Å². The van der Waals surface area contributed by atoms with E-state index in [2.05, 4.69) is 11.2 Å². The highest BCUT2D eigenvalue weighted by Gasteiger charge is 2.04. The molecule has 2 atom stereocenters. The quantitative estimate of drug-likeness (QED) is 0.554. The van der Waals surface area contributed by atoms with Crippen molar-refractivity contribution in [3.63, 3.8) is 0 Å². The van der Waals surface area contributed by atoms with Crippen molar-refractivity contribution in [2.45, 2.75) is 32.4 Å². The molecule has 10 heavy (non-hydrogen) atoms. The molecule has 0 aromatic heterocycles. The Morgan fingerprint density at radius 1 is 1.70 bits per heavy atom. The van der Waals surface area contributed by atoms with Gasteiger partial charge >= 0.3 is 0 Å². The van der Waals surface area contributed by atoms with Gasteiger partial charge in [0.05, 0.1) is 12.6 Å². The van der Waals surface area contributed by atoms with E-state index in [1.807, 2.05) is 13.8 Å². The fourth-order valence-electron chi connectivity index (χ4n) is 0.680. The highest BCUT2D eigenvalue weighted by atomic mass is 16.3. The fourth-order valence-corrected chi connectivity index (χ4v) is 0.680. The molecule has 2 nitrogen and oxygen atoms in total. The summed E-state index contributed by atoms with van der Waals surface area (Å²) < 4.78 is 0. The molecule has 0 heterocycles. The lowest BCUT2D eigenvalue weighted by Gasteiger charge is -2.15. The maximum absolute atomic E-state index is 8.64. The number of terminal acetylenes is 1. The Kier molecular flexibility index (Phi) is 5.00. The third-order valence-corrected chi connectivity index (χ3v) is 1.37. The summed E-state index contributed by atoms with van der Waals surface area (Å²) in [6.45, 7) is 4.06. The van der Waals surface area contributed by atoms with Crippen molar-refractivity contribution in [2.75, 3.05) is 6.61 Å². The monoisotopic (exact) mass is 141 g/mol. The zero-order valence-electron chi connectivity index (χ0n) is 6.59. The Morgan fingerprint density at radius 2 is 2.30 bits per heavy atom. The number of aliphatic hydroxyl groups excluding tert-OH is 1. The minimum atomic E-state index is 0.0981. The molecule has 0 spiro atoms. The Bertz CT molecular complexity index is 117. The van der Waals surface area contributed by atoms with Gasteiger partial charge in [0.25, 0.3) is 0 Å². The van der Waals surface area contributed by atoms with E-state index < -0.39 is 0 Å². The molecule has 0 bridgehead atoms. The summed E-state index contributed by atoms with van der Waals surface area (Å²) in [5.41, 5.74) is 0. The van der Waals surface area contributed by atoms with Gasteiger partial charge in [0.2, 0.25) is 0 Å². The third-order valence-electron chi connectivity index (χ3n) is 1.37. The average molecular weight is 141 g/mol. The van der Waals surface area contributed by atoms with E-state index in [9.17, 15) is 0 Å². The molecule has 0 aromatic rings.